The lowest BCUT2D eigenvalue weighted by molar-refractivity contribution is 0.102. The first-order valence-electron chi connectivity index (χ1n) is 9.03. The number of rotatable bonds is 5. The van der Waals surface area contributed by atoms with E-state index < -0.39 is 10.0 Å². The second-order valence-electron chi connectivity index (χ2n) is 6.65. The van der Waals surface area contributed by atoms with E-state index in [2.05, 4.69) is 10.0 Å². The van der Waals surface area contributed by atoms with Crippen molar-refractivity contribution in [3.8, 4) is 0 Å². The molecule has 0 atom stereocenters. The average molecular weight is 372 g/mol. The van der Waals surface area contributed by atoms with Gasteiger partial charge in [-0.15, -0.1) is 0 Å². The molecule has 0 bridgehead atoms. The monoisotopic (exact) mass is 372 g/mol. The molecule has 0 saturated heterocycles. The lowest BCUT2D eigenvalue weighted by Crippen LogP contribution is -2.34. The summed E-state index contributed by atoms with van der Waals surface area (Å²) in [6, 6.07) is 15.2. The zero-order valence-electron chi connectivity index (χ0n) is 14.6. The van der Waals surface area contributed by atoms with Crippen LogP contribution in [0.25, 0.3) is 0 Å². The topological polar surface area (TPSA) is 75.3 Å². The Labute approximate surface area is 154 Å². The molecule has 1 saturated carbocycles. The molecule has 0 heterocycles. The number of hydrogen-bond acceptors (Lipinski definition) is 3. The summed E-state index contributed by atoms with van der Waals surface area (Å²) in [4.78, 5) is 12.4. The molecule has 1 aliphatic rings. The first kappa shape index (κ1) is 18.6. The largest absolute Gasteiger partial charge is 0.322 e. The second kappa shape index (κ2) is 8.47. The van der Waals surface area contributed by atoms with Gasteiger partial charge in [-0.1, -0.05) is 43.9 Å². The number of hydrogen-bond donors (Lipinski definition) is 2. The zero-order valence-corrected chi connectivity index (χ0v) is 15.5. The fourth-order valence-corrected chi connectivity index (χ4v) is 4.50. The summed E-state index contributed by atoms with van der Waals surface area (Å²) in [6.07, 6.45) is 6.23. The minimum Gasteiger partial charge on any atom is -0.322 e. The van der Waals surface area contributed by atoms with Crippen LogP contribution in [0.15, 0.2) is 59.5 Å². The maximum absolute atomic E-state index is 12.6. The third-order valence-electron chi connectivity index (χ3n) is 4.64. The van der Waals surface area contributed by atoms with E-state index in [-0.39, 0.29) is 16.8 Å². The molecule has 0 spiro atoms. The van der Waals surface area contributed by atoms with Gasteiger partial charge in [0.1, 0.15) is 0 Å². The van der Waals surface area contributed by atoms with Crippen molar-refractivity contribution in [2.24, 2.45) is 0 Å². The van der Waals surface area contributed by atoms with Crippen LogP contribution in [0.4, 0.5) is 5.69 Å². The Balaban J connectivity index is 1.67. The molecule has 1 amide bonds. The number of carbonyl (C=O) groups excluding carboxylic acids is 1. The summed E-state index contributed by atoms with van der Waals surface area (Å²) in [6.45, 7) is 0. The molecule has 1 fully saturated rings. The second-order valence-corrected chi connectivity index (χ2v) is 8.37. The number of sulfonamides is 1. The molecule has 0 unspecified atom stereocenters. The van der Waals surface area contributed by atoms with Crippen molar-refractivity contribution in [2.45, 2.75) is 49.5 Å². The van der Waals surface area contributed by atoms with Crippen LogP contribution >= 0.6 is 0 Å². The summed E-state index contributed by atoms with van der Waals surface area (Å²) in [5.74, 6) is -0.267. The van der Waals surface area contributed by atoms with Gasteiger partial charge in [0.2, 0.25) is 10.0 Å². The quantitative estimate of drug-likeness (QED) is 0.781. The van der Waals surface area contributed by atoms with Gasteiger partial charge in [-0.25, -0.2) is 13.1 Å². The fraction of sp³-hybridized carbons (Fsp3) is 0.350. The number of benzene rings is 2. The molecule has 0 radical (unpaired) electrons. The van der Waals surface area contributed by atoms with Gasteiger partial charge in [-0.05, 0) is 49.2 Å². The fourth-order valence-electron chi connectivity index (χ4n) is 3.19. The molecular weight excluding hydrogens is 348 g/mol. The SMILES string of the molecule is O=C(Nc1ccccc1)c1ccc(S(=O)(=O)NC2CCCCCC2)cc1. The van der Waals surface area contributed by atoms with Crippen molar-refractivity contribution < 1.29 is 13.2 Å². The number of para-hydroxylation sites is 1. The highest BCUT2D eigenvalue weighted by molar-refractivity contribution is 7.89. The van der Waals surface area contributed by atoms with Crippen LogP contribution in [0.1, 0.15) is 48.9 Å². The summed E-state index contributed by atoms with van der Waals surface area (Å²) in [5, 5.41) is 2.79. The molecular formula is C20H24N2O3S. The van der Waals surface area contributed by atoms with Crippen LogP contribution in [0, 0.1) is 0 Å². The van der Waals surface area contributed by atoms with Crippen LogP contribution in [0.3, 0.4) is 0 Å². The third-order valence-corrected chi connectivity index (χ3v) is 6.17. The zero-order chi connectivity index (χ0) is 18.4. The predicted molar refractivity (Wildman–Crippen MR) is 103 cm³/mol. The predicted octanol–water partition coefficient (Wildman–Crippen LogP) is 3.94. The smallest absolute Gasteiger partial charge is 0.255 e. The Kier molecular flexibility index (Phi) is 6.06. The molecule has 2 aromatic rings. The van der Waals surface area contributed by atoms with Gasteiger partial charge in [0, 0.05) is 17.3 Å². The summed E-state index contributed by atoms with van der Waals surface area (Å²) >= 11 is 0. The lowest BCUT2D eigenvalue weighted by atomic mass is 10.1. The van der Waals surface area contributed by atoms with Crippen LogP contribution in [-0.2, 0) is 10.0 Å². The van der Waals surface area contributed by atoms with E-state index in [0.29, 0.717) is 11.3 Å². The minimum absolute atomic E-state index is 0.00329. The van der Waals surface area contributed by atoms with E-state index >= 15 is 0 Å². The van der Waals surface area contributed by atoms with Crippen molar-refractivity contribution in [3.63, 3.8) is 0 Å². The molecule has 0 aliphatic heterocycles. The van der Waals surface area contributed by atoms with Crippen LogP contribution in [0.2, 0.25) is 0 Å². The highest BCUT2D eigenvalue weighted by Crippen LogP contribution is 2.20. The minimum atomic E-state index is -3.56. The number of carbonyl (C=O) groups is 1. The molecule has 26 heavy (non-hydrogen) atoms. The van der Waals surface area contributed by atoms with Crippen molar-refractivity contribution in [1.29, 1.82) is 0 Å². The Hall–Kier alpha value is -2.18. The molecule has 3 rings (SSSR count). The van der Waals surface area contributed by atoms with E-state index in [9.17, 15) is 13.2 Å². The van der Waals surface area contributed by atoms with Gasteiger partial charge in [0.25, 0.3) is 5.91 Å². The Morgan fingerprint density at radius 3 is 2.08 bits per heavy atom. The van der Waals surface area contributed by atoms with E-state index in [1.807, 2.05) is 18.2 Å². The van der Waals surface area contributed by atoms with Crippen molar-refractivity contribution >= 4 is 21.6 Å². The molecule has 2 N–H and O–H groups in total. The molecule has 2 aromatic carbocycles. The standard InChI is InChI=1S/C20H24N2O3S/c23-20(21-17-8-6-3-7-9-17)16-12-14-19(15-13-16)26(24,25)22-18-10-4-1-2-5-11-18/h3,6-9,12-15,18,22H,1-2,4-5,10-11H2,(H,21,23). The summed E-state index contributed by atoms with van der Waals surface area (Å²) in [7, 11) is -3.56. The van der Waals surface area contributed by atoms with E-state index in [4.69, 9.17) is 0 Å². The van der Waals surface area contributed by atoms with Crippen LogP contribution in [0.5, 0.6) is 0 Å². The van der Waals surface area contributed by atoms with E-state index in [0.717, 1.165) is 25.7 Å². The number of nitrogens with one attached hydrogen (secondary N) is 2. The van der Waals surface area contributed by atoms with Gasteiger partial charge in [0.15, 0.2) is 0 Å². The highest BCUT2D eigenvalue weighted by atomic mass is 32.2. The molecule has 0 aromatic heterocycles. The van der Waals surface area contributed by atoms with Crippen LogP contribution < -0.4 is 10.0 Å². The van der Waals surface area contributed by atoms with Gasteiger partial charge in [0.05, 0.1) is 4.90 Å². The average Bonchev–Trinajstić information content (AvgIpc) is 2.91. The first-order valence-corrected chi connectivity index (χ1v) is 10.5. The van der Waals surface area contributed by atoms with Gasteiger partial charge in [-0.2, -0.15) is 0 Å². The Morgan fingerprint density at radius 2 is 1.46 bits per heavy atom. The Bertz CT molecular complexity index is 825. The molecule has 1 aliphatic carbocycles. The Morgan fingerprint density at radius 1 is 0.846 bits per heavy atom. The van der Waals surface area contributed by atoms with Crippen molar-refractivity contribution in [1.82, 2.24) is 4.72 Å². The maximum Gasteiger partial charge on any atom is 0.255 e. The van der Waals surface area contributed by atoms with Gasteiger partial charge < -0.3 is 5.32 Å². The number of amides is 1. The van der Waals surface area contributed by atoms with Gasteiger partial charge >= 0.3 is 0 Å². The van der Waals surface area contributed by atoms with Crippen molar-refractivity contribution in [2.75, 3.05) is 5.32 Å². The first-order chi connectivity index (χ1) is 12.5. The summed E-state index contributed by atoms with van der Waals surface area (Å²) < 4.78 is 28.0. The van der Waals surface area contributed by atoms with Gasteiger partial charge in [-0.3, -0.25) is 4.79 Å². The number of anilines is 1. The molecule has 138 valence electrons. The third kappa shape index (κ3) is 4.93. The highest BCUT2D eigenvalue weighted by Gasteiger charge is 2.21. The molecule has 6 heteroatoms. The normalized spacial score (nSPS) is 16.0. The van der Waals surface area contributed by atoms with Crippen LogP contribution in [-0.4, -0.2) is 20.4 Å². The van der Waals surface area contributed by atoms with E-state index in [1.165, 1.54) is 25.0 Å². The summed E-state index contributed by atoms with van der Waals surface area (Å²) in [5.41, 5.74) is 1.12. The van der Waals surface area contributed by atoms with Crippen molar-refractivity contribution in [3.05, 3.63) is 60.2 Å². The maximum atomic E-state index is 12.6. The molecule has 5 nitrogen and oxygen atoms in total. The van der Waals surface area contributed by atoms with E-state index in [1.54, 1.807) is 24.3 Å². The lowest BCUT2D eigenvalue weighted by Gasteiger charge is -2.16.